The molecule has 0 saturated heterocycles. The van der Waals surface area contributed by atoms with Gasteiger partial charge in [0.25, 0.3) is 0 Å². The summed E-state index contributed by atoms with van der Waals surface area (Å²) in [5, 5.41) is 9.40. The maximum absolute atomic E-state index is 4.37. The van der Waals surface area contributed by atoms with Crippen LogP contribution in [0.3, 0.4) is 0 Å². The zero-order valence-corrected chi connectivity index (χ0v) is 14.5. The molecule has 4 aromatic rings. The molecule has 0 unspecified atom stereocenters. The van der Waals surface area contributed by atoms with Gasteiger partial charge in [0.2, 0.25) is 0 Å². The Morgan fingerprint density at radius 3 is 2.72 bits per heavy atom. The van der Waals surface area contributed by atoms with Crippen LogP contribution in [0.2, 0.25) is 0 Å². The van der Waals surface area contributed by atoms with Gasteiger partial charge < -0.3 is 0 Å². The Kier molecular flexibility index (Phi) is 4.39. The molecular formula is C18H16N6S. The summed E-state index contributed by atoms with van der Waals surface area (Å²) in [6.45, 7) is 2.72. The second-order valence-corrected chi connectivity index (χ2v) is 6.70. The Morgan fingerprint density at radius 1 is 1.04 bits per heavy atom. The molecule has 0 aliphatic heterocycles. The number of hydrogen-bond acceptors (Lipinski definition) is 6. The fraction of sp³-hybridized carbons (Fsp3) is 0.167. The Morgan fingerprint density at radius 2 is 1.92 bits per heavy atom. The average Bonchev–Trinajstić information content (AvgIpc) is 3.06. The van der Waals surface area contributed by atoms with Crippen LogP contribution in [0.4, 0.5) is 0 Å². The monoisotopic (exact) mass is 348 g/mol. The van der Waals surface area contributed by atoms with Crippen molar-refractivity contribution >= 4 is 22.9 Å². The first-order valence-electron chi connectivity index (χ1n) is 7.91. The number of thioether (sulfide) groups is 1. The molecular weight excluding hydrogens is 332 g/mol. The summed E-state index contributed by atoms with van der Waals surface area (Å²) in [6, 6.07) is 12.4. The largest absolute Gasteiger partial charge is 0.264 e. The molecule has 124 valence electrons. The number of pyridine rings is 1. The van der Waals surface area contributed by atoms with Crippen molar-refractivity contribution in [3.63, 3.8) is 0 Å². The third-order valence-corrected chi connectivity index (χ3v) is 4.87. The molecule has 4 rings (SSSR count). The van der Waals surface area contributed by atoms with E-state index in [1.807, 2.05) is 23.0 Å². The quantitative estimate of drug-likeness (QED) is 0.407. The van der Waals surface area contributed by atoms with Crippen molar-refractivity contribution in [2.75, 3.05) is 0 Å². The second kappa shape index (κ2) is 6.98. The Hall–Kier alpha value is -2.80. The third kappa shape index (κ3) is 3.51. The molecule has 3 aromatic heterocycles. The number of benzene rings is 1. The van der Waals surface area contributed by atoms with Crippen molar-refractivity contribution in [2.45, 2.75) is 24.2 Å². The van der Waals surface area contributed by atoms with Gasteiger partial charge in [0.05, 0.1) is 6.54 Å². The zero-order valence-electron chi connectivity index (χ0n) is 13.7. The first-order valence-corrected chi connectivity index (χ1v) is 8.89. The number of hydrogen-bond donors (Lipinski definition) is 0. The van der Waals surface area contributed by atoms with E-state index in [0.29, 0.717) is 6.54 Å². The minimum atomic E-state index is 0.639. The molecule has 0 fully saturated rings. The maximum atomic E-state index is 4.37. The first kappa shape index (κ1) is 15.7. The maximum Gasteiger partial charge on any atom is 0.183 e. The molecule has 0 bridgehead atoms. The van der Waals surface area contributed by atoms with Crippen LogP contribution >= 0.6 is 11.8 Å². The normalized spacial score (nSPS) is 11.1. The van der Waals surface area contributed by atoms with Crippen molar-refractivity contribution in [3.05, 3.63) is 71.8 Å². The number of aromatic nitrogens is 6. The molecule has 0 spiro atoms. The summed E-state index contributed by atoms with van der Waals surface area (Å²) in [5.74, 6) is 0.783. The second-order valence-electron chi connectivity index (χ2n) is 5.73. The number of nitrogens with zero attached hydrogens (tertiary/aromatic N) is 6. The minimum Gasteiger partial charge on any atom is -0.264 e. The van der Waals surface area contributed by atoms with E-state index >= 15 is 0 Å². The van der Waals surface area contributed by atoms with Gasteiger partial charge in [0, 0.05) is 18.1 Å². The number of fused-ring (bicyclic) bond motifs is 1. The molecule has 0 N–H and O–H groups in total. The molecule has 0 aliphatic carbocycles. The van der Waals surface area contributed by atoms with Crippen LogP contribution in [0.25, 0.3) is 11.2 Å². The average molecular weight is 348 g/mol. The molecule has 1 aromatic carbocycles. The Bertz CT molecular complexity index is 982. The van der Waals surface area contributed by atoms with E-state index in [0.717, 1.165) is 27.5 Å². The lowest BCUT2D eigenvalue weighted by Gasteiger charge is -2.04. The van der Waals surface area contributed by atoms with E-state index in [1.54, 1.807) is 24.3 Å². The lowest BCUT2D eigenvalue weighted by Crippen LogP contribution is -2.03. The summed E-state index contributed by atoms with van der Waals surface area (Å²) in [7, 11) is 0. The lowest BCUT2D eigenvalue weighted by molar-refractivity contribution is 0.664. The van der Waals surface area contributed by atoms with Crippen molar-refractivity contribution in [1.29, 1.82) is 0 Å². The third-order valence-electron chi connectivity index (χ3n) is 3.82. The molecule has 7 heteroatoms. The molecule has 25 heavy (non-hydrogen) atoms. The minimum absolute atomic E-state index is 0.639. The van der Waals surface area contributed by atoms with Crippen LogP contribution in [-0.2, 0) is 12.3 Å². The van der Waals surface area contributed by atoms with E-state index in [4.69, 9.17) is 0 Å². The van der Waals surface area contributed by atoms with Crippen LogP contribution in [0.15, 0.2) is 60.1 Å². The summed E-state index contributed by atoms with van der Waals surface area (Å²) in [5.41, 5.74) is 5.04. The fourth-order valence-corrected chi connectivity index (χ4v) is 3.35. The van der Waals surface area contributed by atoms with Crippen LogP contribution < -0.4 is 0 Å². The fourth-order valence-electron chi connectivity index (χ4n) is 2.49. The van der Waals surface area contributed by atoms with Gasteiger partial charge in [0.1, 0.15) is 11.4 Å². The standard InChI is InChI=1S/C18H16N6S/c1-13-4-6-14(7-5-13)10-24-17-16(22-23-24)18(21-12-20-17)25-11-15-3-2-8-19-9-15/h2-9,12H,10-11H2,1H3. The number of rotatable bonds is 5. The van der Waals surface area contributed by atoms with Gasteiger partial charge in [-0.25, -0.2) is 14.6 Å². The van der Waals surface area contributed by atoms with E-state index in [2.05, 4.69) is 56.5 Å². The predicted octanol–water partition coefficient (Wildman–Crippen LogP) is 3.27. The molecule has 0 saturated carbocycles. The van der Waals surface area contributed by atoms with Crippen LogP contribution in [0.1, 0.15) is 16.7 Å². The highest BCUT2D eigenvalue weighted by atomic mass is 32.2. The molecule has 0 atom stereocenters. The van der Waals surface area contributed by atoms with E-state index in [1.165, 1.54) is 11.1 Å². The van der Waals surface area contributed by atoms with Crippen molar-refractivity contribution in [2.24, 2.45) is 0 Å². The van der Waals surface area contributed by atoms with Crippen molar-refractivity contribution < 1.29 is 0 Å². The Balaban J connectivity index is 1.58. The van der Waals surface area contributed by atoms with Gasteiger partial charge >= 0.3 is 0 Å². The number of aryl methyl sites for hydroxylation is 1. The summed E-state index contributed by atoms with van der Waals surface area (Å²) < 4.78 is 1.82. The zero-order chi connectivity index (χ0) is 17.1. The predicted molar refractivity (Wildman–Crippen MR) is 97.2 cm³/mol. The van der Waals surface area contributed by atoms with Crippen molar-refractivity contribution in [1.82, 2.24) is 29.9 Å². The van der Waals surface area contributed by atoms with Crippen molar-refractivity contribution in [3.8, 4) is 0 Å². The van der Waals surface area contributed by atoms with Crippen LogP contribution in [-0.4, -0.2) is 29.9 Å². The van der Waals surface area contributed by atoms with Gasteiger partial charge in [-0.3, -0.25) is 4.98 Å². The highest BCUT2D eigenvalue weighted by Gasteiger charge is 2.12. The highest BCUT2D eigenvalue weighted by Crippen LogP contribution is 2.25. The van der Waals surface area contributed by atoms with Gasteiger partial charge in [-0.05, 0) is 24.1 Å². The summed E-state index contributed by atoms with van der Waals surface area (Å²) in [4.78, 5) is 12.9. The van der Waals surface area contributed by atoms with E-state index in [-0.39, 0.29) is 0 Å². The topological polar surface area (TPSA) is 69.4 Å². The van der Waals surface area contributed by atoms with Gasteiger partial charge in [-0.1, -0.05) is 52.9 Å². The van der Waals surface area contributed by atoms with E-state index in [9.17, 15) is 0 Å². The van der Waals surface area contributed by atoms with Gasteiger partial charge in [0.15, 0.2) is 11.2 Å². The first-order chi connectivity index (χ1) is 12.3. The molecule has 0 amide bonds. The van der Waals surface area contributed by atoms with Crippen LogP contribution in [0, 0.1) is 6.92 Å². The lowest BCUT2D eigenvalue weighted by atomic mass is 10.1. The van der Waals surface area contributed by atoms with Crippen LogP contribution in [0.5, 0.6) is 0 Å². The molecule has 0 radical (unpaired) electrons. The Labute approximate surface area is 149 Å². The summed E-state index contributed by atoms with van der Waals surface area (Å²) >= 11 is 1.62. The van der Waals surface area contributed by atoms with Gasteiger partial charge in [-0.2, -0.15) is 0 Å². The smallest absolute Gasteiger partial charge is 0.183 e. The van der Waals surface area contributed by atoms with Gasteiger partial charge in [-0.15, -0.1) is 5.10 Å². The molecule has 6 nitrogen and oxygen atoms in total. The highest BCUT2D eigenvalue weighted by molar-refractivity contribution is 7.98. The molecule has 0 aliphatic rings. The SMILES string of the molecule is Cc1ccc(Cn2nnc3c(SCc4cccnc4)ncnc32)cc1. The van der Waals surface area contributed by atoms with E-state index < -0.39 is 0 Å². The summed E-state index contributed by atoms with van der Waals surface area (Å²) in [6.07, 6.45) is 5.20. The molecule has 3 heterocycles.